The molecule has 236 valence electrons. The Morgan fingerprint density at radius 2 is 1.76 bits per heavy atom. The minimum atomic E-state index is -0.771. The summed E-state index contributed by atoms with van der Waals surface area (Å²) in [5, 5.41) is 1.46. The van der Waals surface area contributed by atoms with E-state index in [4.69, 9.17) is 49.7 Å². The van der Waals surface area contributed by atoms with Gasteiger partial charge in [-0.1, -0.05) is 71.6 Å². The number of rotatable bonds is 14. The van der Waals surface area contributed by atoms with Crippen LogP contribution in [0, 0.1) is 5.92 Å². The largest absolute Gasteiger partial charge is 0.434 e. The summed E-state index contributed by atoms with van der Waals surface area (Å²) in [6.45, 7) is 0.999. The van der Waals surface area contributed by atoms with E-state index in [-0.39, 0.29) is 48.9 Å². The number of aromatic nitrogens is 1. The van der Waals surface area contributed by atoms with Crippen LogP contribution in [-0.2, 0) is 27.4 Å². The van der Waals surface area contributed by atoms with Gasteiger partial charge in [-0.25, -0.2) is 4.98 Å². The number of oxazole rings is 1. The van der Waals surface area contributed by atoms with Gasteiger partial charge in [-0.05, 0) is 66.9 Å². The van der Waals surface area contributed by atoms with Crippen molar-refractivity contribution in [1.82, 2.24) is 9.88 Å². The number of ether oxygens (including phenoxy) is 1. The van der Waals surface area contributed by atoms with Crippen LogP contribution in [0.4, 0.5) is 0 Å². The summed E-state index contributed by atoms with van der Waals surface area (Å²) in [7, 11) is 0. The first-order valence-corrected chi connectivity index (χ1v) is 16.1. The Labute approximate surface area is 276 Å². The van der Waals surface area contributed by atoms with Gasteiger partial charge in [0.15, 0.2) is 11.4 Å². The summed E-state index contributed by atoms with van der Waals surface area (Å²) < 4.78 is 11.9. The van der Waals surface area contributed by atoms with Gasteiger partial charge in [0.05, 0.1) is 25.2 Å². The smallest absolute Gasteiger partial charge is 0.264 e. The van der Waals surface area contributed by atoms with Gasteiger partial charge >= 0.3 is 0 Å². The molecule has 0 radical (unpaired) electrons. The molecular formula is C34H34Cl3N3O5. The second kappa shape index (κ2) is 15.3. The van der Waals surface area contributed by atoms with Crippen LogP contribution in [-0.4, -0.2) is 52.6 Å². The van der Waals surface area contributed by atoms with E-state index in [0.717, 1.165) is 5.56 Å². The van der Waals surface area contributed by atoms with Gasteiger partial charge in [0.2, 0.25) is 11.7 Å². The SMILES string of the molecule is NCCCC[C@H](CC(=O)[C@@H]1C[C@@H](OCc2ccc(Cl)cc2)CN1C(=O)Cc1ccc(Cl)cc1Cl)C(=O)c1nc2ccccc2o1. The predicted octanol–water partition coefficient (Wildman–Crippen LogP) is 7.10. The lowest BCUT2D eigenvalue weighted by atomic mass is 9.89. The summed E-state index contributed by atoms with van der Waals surface area (Å²) in [5.74, 6) is -1.52. The number of nitrogens with zero attached hydrogens (tertiary/aromatic N) is 2. The summed E-state index contributed by atoms with van der Waals surface area (Å²) in [6, 6.07) is 18.6. The zero-order valence-corrected chi connectivity index (χ0v) is 26.9. The zero-order valence-electron chi connectivity index (χ0n) is 24.6. The molecule has 2 N–H and O–H groups in total. The number of hydrogen-bond acceptors (Lipinski definition) is 7. The van der Waals surface area contributed by atoms with Crippen molar-refractivity contribution in [1.29, 1.82) is 0 Å². The molecule has 1 aliphatic rings. The Balaban J connectivity index is 1.35. The maximum Gasteiger partial charge on any atom is 0.264 e. The molecule has 45 heavy (non-hydrogen) atoms. The topological polar surface area (TPSA) is 116 Å². The number of unbranched alkanes of at least 4 members (excludes halogenated alkanes) is 1. The molecular weight excluding hydrogens is 637 g/mol. The van der Waals surface area contributed by atoms with E-state index in [1.807, 2.05) is 18.2 Å². The third-order valence-electron chi connectivity index (χ3n) is 8.04. The normalized spacial score (nSPS) is 17.1. The number of fused-ring (bicyclic) bond motifs is 1. The first-order chi connectivity index (χ1) is 21.7. The number of nitrogens with two attached hydrogens (primary N) is 1. The van der Waals surface area contributed by atoms with E-state index >= 15 is 0 Å². The first kappa shape index (κ1) is 33.1. The highest BCUT2D eigenvalue weighted by Gasteiger charge is 2.41. The van der Waals surface area contributed by atoms with Gasteiger partial charge in [-0.2, -0.15) is 0 Å². The molecule has 8 nitrogen and oxygen atoms in total. The zero-order chi connectivity index (χ0) is 31.9. The lowest BCUT2D eigenvalue weighted by Gasteiger charge is -2.25. The molecule has 0 bridgehead atoms. The Morgan fingerprint density at radius 3 is 2.49 bits per heavy atom. The number of amides is 1. The molecule has 0 saturated carbocycles. The highest BCUT2D eigenvalue weighted by Crippen LogP contribution is 2.30. The average Bonchev–Trinajstić information content (AvgIpc) is 3.66. The number of ketones is 2. The van der Waals surface area contributed by atoms with E-state index in [2.05, 4.69) is 4.98 Å². The molecule has 0 spiro atoms. The summed E-state index contributed by atoms with van der Waals surface area (Å²) in [4.78, 5) is 47.3. The Bertz CT molecular complexity index is 1630. The summed E-state index contributed by atoms with van der Waals surface area (Å²) >= 11 is 18.4. The molecule has 0 unspecified atom stereocenters. The molecule has 4 aromatic rings. The van der Waals surface area contributed by atoms with Crippen molar-refractivity contribution < 1.29 is 23.5 Å². The van der Waals surface area contributed by atoms with Crippen molar-refractivity contribution in [2.75, 3.05) is 13.1 Å². The monoisotopic (exact) mass is 669 g/mol. The number of para-hydroxylation sites is 2. The lowest BCUT2D eigenvalue weighted by molar-refractivity contribution is -0.137. The molecule has 0 aliphatic carbocycles. The molecule has 3 atom stereocenters. The molecule has 1 aliphatic heterocycles. The van der Waals surface area contributed by atoms with Crippen LogP contribution in [0.1, 0.15) is 53.9 Å². The van der Waals surface area contributed by atoms with Crippen LogP contribution in [0.5, 0.6) is 0 Å². The minimum Gasteiger partial charge on any atom is -0.434 e. The number of benzene rings is 3. The third-order valence-corrected chi connectivity index (χ3v) is 8.88. The van der Waals surface area contributed by atoms with Gasteiger partial charge in [-0.15, -0.1) is 0 Å². The quantitative estimate of drug-likeness (QED) is 0.112. The number of carbonyl (C=O) groups excluding carboxylic acids is 3. The van der Waals surface area contributed by atoms with Crippen molar-refractivity contribution in [2.45, 2.75) is 57.3 Å². The third kappa shape index (κ3) is 8.51. The predicted molar refractivity (Wildman–Crippen MR) is 175 cm³/mol. The molecule has 1 fully saturated rings. The highest BCUT2D eigenvalue weighted by atomic mass is 35.5. The van der Waals surface area contributed by atoms with E-state index in [1.165, 1.54) is 0 Å². The van der Waals surface area contributed by atoms with Crippen LogP contribution < -0.4 is 5.73 Å². The Kier molecular flexibility index (Phi) is 11.3. The van der Waals surface area contributed by atoms with Crippen molar-refractivity contribution in [3.63, 3.8) is 0 Å². The van der Waals surface area contributed by atoms with Gasteiger partial charge in [0.25, 0.3) is 5.89 Å². The molecule has 1 saturated heterocycles. The summed E-state index contributed by atoms with van der Waals surface area (Å²) in [5.41, 5.74) is 8.32. The second-order valence-corrected chi connectivity index (χ2v) is 12.6. The number of likely N-dealkylation sites (tertiary alicyclic amines) is 1. The standard InChI is InChI=1S/C34H34Cl3N3O5/c35-24-11-8-21(9-12-24)20-44-26-18-29(40(19-26)32(42)16-22-10-13-25(36)17-27(22)37)30(41)15-23(5-3-4-14-38)33(43)34-39-28-6-1-2-7-31(28)45-34/h1-2,6-13,17,23,26,29H,3-5,14-16,18-20,38H2/t23-,26-,29+/m1/s1. The second-order valence-electron chi connectivity index (χ2n) is 11.3. The average molecular weight is 671 g/mol. The van der Waals surface area contributed by atoms with Gasteiger partial charge in [0, 0.05) is 40.4 Å². The van der Waals surface area contributed by atoms with E-state index < -0.39 is 12.0 Å². The van der Waals surface area contributed by atoms with Crippen molar-refractivity contribution in [2.24, 2.45) is 11.7 Å². The van der Waals surface area contributed by atoms with E-state index in [1.54, 1.807) is 53.4 Å². The molecule has 2 heterocycles. The molecule has 3 aromatic carbocycles. The van der Waals surface area contributed by atoms with Crippen LogP contribution >= 0.6 is 34.8 Å². The Morgan fingerprint density at radius 1 is 1.00 bits per heavy atom. The van der Waals surface area contributed by atoms with Crippen molar-refractivity contribution >= 4 is 63.4 Å². The molecule has 1 aromatic heterocycles. The maximum atomic E-state index is 14.0. The highest BCUT2D eigenvalue weighted by molar-refractivity contribution is 6.35. The number of carbonyl (C=O) groups is 3. The first-order valence-electron chi connectivity index (χ1n) is 14.9. The van der Waals surface area contributed by atoms with Crippen LogP contribution in [0.25, 0.3) is 11.1 Å². The fraction of sp³-hybridized carbons (Fsp3) is 0.353. The van der Waals surface area contributed by atoms with Crippen LogP contribution in [0.15, 0.2) is 71.1 Å². The van der Waals surface area contributed by atoms with Gasteiger partial charge in [0.1, 0.15) is 5.52 Å². The van der Waals surface area contributed by atoms with Crippen LogP contribution in [0.3, 0.4) is 0 Å². The maximum absolute atomic E-state index is 14.0. The van der Waals surface area contributed by atoms with Gasteiger partial charge < -0.3 is 19.8 Å². The van der Waals surface area contributed by atoms with Crippen LogP contribution in [0.2, 0.25) is 15.1 Å². The number of hydrogen-bond donors (Lipinski definition) is 1. The molecule has 11 heteroatoms. The summed E-state index contributed by atoms with van der Waals surface area (Å²) in [6.07, 6.45) is 1.66. The molecule has 5 rings (SSSR count). The molecule has 1 amide bonds. The number of halogens is 3. The lowest BCUT2D eigenvalue weighted by Crippen LogP contribution is -2.42. The van der Waals surface area contributed by atoms with Gasteiger partial charge in [-0.3, -0.25) is 14.4 Å². The fourth-order valence-electron chi connectivity index (χ4n) is 5.62. The van der Waals surface area contributed by atoms with E-state index in [9.17, 15) is 14.4 Å². The van der Waals surface area contributed by atoms with Crippen molar-refractivity contribution in [3.8, 4) is 0 Å². The minimum absolute atomic E-state index is 0.00848. The Hall–Kier alpha value is -3.27. The van der Waals surface area contributed by atoms with E-state index in [0.29, 0.717) is 70.6 Å². The van der Waals surface area contributed by atoms with Crippen molar-refractivity contribution in [3.05, 3.63) is 98.8 Å². The number of Topliss-reactive ketones (excluding diaryl/α,β-unsaturated/α-hetero) is 2. The fourth-order valence-corrected chi connectivity index (χ4v) is 6.22.